The minimum absolute atomic E-state index is 0.105. The van der Waals surface area contributed by atoms with Crippen molar-refractivity contribution in [3.05, 3.63) is 35.9 Å². The molecule has 27 heavy (non-hydrogen) atoms. The van der Waals surface area contributed by atoms with Crippen molar-refractivity contribution in [3.8, 4) is 23.0 Å². The number of carbonyl (C=O) groups excluding carboxylic acids is 2. The van der Waals surface area contributed by atoms with Crippen LogP contribution in [0, 0.1) is 0 Å². The zero-order chi connectivity index (χ0) is 19.6. The molecule has 0 radical (unpaired) electrons. The third-order valence-corrected chi connectivity index (χ3v) is 4.33. The average molecular weight is 370 g/mol. The zero-order valence-corrected chi connectivity index (χ0v) is 15.3. The van der Waals surface area contributed by atoms with Gasteiger partial charge in [-0.25, -0.2) is 4.79 Å². The van der Waals surface area contributed by atoms with Gasteiger partial charge in [-0.1, -0.05) is 0 Å². The Hall–Kier alpha value is -3.48. The Balaban J connectivity index is 2.48. The van der Waals surface area contributed by atoms with Gasteiger partial charge in [0.15, 0.2) is 23.0 Å². The Bertz CT molecular complexity index is 1040. The van der Waals surface area contributed by atoms with Crippen LogP contribution in [-0.4, -0.2) is 40.9 Å². The van der Waals surface area contributed by atoms with Gasteiger partial charge in [-0.2, -0.15) is 0 Å². The number of rotatable bonds is 6. The lowest BCUT2D eigenvalue weighted by Gasteiger charge is -2.15. The minimum Gasteiger partial charge on any atom is -0.493 e. The standard InChI is InChI=1S/C20H18O7/c1-23-16-6-11-5-15(20(22)27-10-21)14-9-19(26-4)18(25-3)8-13(14)12(11)7-17(16)24-2/h5-10H,1-4H3. The normalized spacial score (nSPS) is 10.5. The molecule has 140 valence electrons. The van der Waals surface area contributed by atoms with Crippen LogP contribution >= 0.6 is 0 Å². The molecule has 0 bridgehead atoms. The second kappa shape index (κ2) is 7.41. The van der Waals surface area contributed by atoms with E-state index in [1.807, 2.05) is 6.07 Å². The Kier molecular flexibility index (Phi) is 5.03. The van der Waals surface area contributed by atoms with Crippen LogP contribution in [0.1, 0.15) is 10.4 Å². The van der Waals surface area contributed by atoms with E-state index in [4.69, 9.17) is 18.9 Å². The fraction of sp³-hybridized carbons (Fsp3) is 0.200. The van der Waals surface area contributed by atoms with Crippen LogP contribution in [0.2, 0.25) is 0 Å². The van der Waals surface area contributed by atoms with Gasteiger partial charge in [-0.15, -0.1) is 0 Å². The molecule has 0 saturated heterocycles. The molecule has 0 aromatic heterocycles. The van der Waals surface area contributed by atoms with Crippen molar-refractivity contribution in [2.24, 2.45) is 0 Å². The van der Waals surface area contributed by atoms with E-state index in [1.165, 1.54) is 21.3 Å². The number of ether oxygens (including phenoxy) is 5. The monoisotopic (exact) mass is 370 g/mol. The van der Waals surface area contributed by atoms with Crippen LogP contribution in [0.4, 0.5) is 0 Å². The highest BCUT2D eigenvalue weighted by Gasteiger charge is 2.19. The number of hydrogen-bond donors (Lipinski definition) is 0. The van der Waals surface area contributed by atoms with Crippen LogP contribution in [0.15, 0.2) is 30.3 Å². The minimum atomic E-state index is -0.765. The predicted molar refractivity (Wildman–Crippen MR) is 99.1 cm³/mol. The van der Waals surface area contributed by atoms with Crippen LogP contribution in [0.25, 0.3) is 21.5 Å². The summed E-state index contributed by atoms with van der Waals surface area (Å²) in [6.45, 7) is 0.105. The number of hydrogen-bond acceptors (Lipinski definition) is 7. The Labute approximate surface area is 155 Å². The van der Waals surface area contributed by atoms with Gasteiger partial charge in [0.1, 0.15) is 0 Å². The van der Waals surface area contributed by atoms with Crippen molar-refractivity contribution in [1.82, 2.24) is 0 Å². The molecule has 3 aromatic carbocycles. The maximum absolute atomic E-state index is 12.4. The first-order chi connectivity index (χ1) is 13.1. The van der Waals surface area contributed by atoms with Crippen molar-refractivity contribution < 1.29 is 33.3 Å². The molecule has 3 rings (SSSR count). The molecular weight excluding hydrogens is 352 g/mol. The maximum atomic E-state index is 12.4. The summed E-state index contributed by atoms with van der Waals surface area (Å²) in [5, 5.41) is 2.79. The second-order valence-corrected chi connectivity index (χ2v) is 5.61. The Morgan fingerprint density at radius 3 is 1.70 bits per heavy atom. The molecule has 0 atom stereocenters. The molecule has 7 heteroatoms. The van der Waals surface area contributed by atoms with Crippen molar-refractivity contribution >= 4 is 34.0 Å². The molecule has 0 N–H and O–H groups in total. The summed E-state index contributed by atoms with van der Waals surface area (Å²) in [5.41, 5.74) is 0.220. The zero-order valence-electron chi connectivity index (χ0n) is 15.3. The Morgan fingerprint density at radius 1 is 0.704 bits per heavy atom. The van der Waals surface area contributed by atoms with Gasteiger partial charge in [-0.3, -0.25) is 4.79 Å². The molecule has 0 saturated carbocycles. The van der Waals surface area contributed by atoms with Crippen molar-refractivity contribution in [3.63, 3.8) is 0 Å². The van der Waals surface area contributed by atoms with E-state index in [0.717, 1.165) is 5.39 Å². The second-order valence-electron chi connectivity index (χ2n) is 5.61. The number of esters is 1. The molecule has 0 spiro atoms. The van der Waals surface area contributed by atoms with Crippen LogP contribution < -0.4 is 18.9 Å². The van der Waals surface area contributed by atoms with Crippen molar-refractivity contribution in [2.75, 3.05) is 28.4 Å². The van der Waals surface area contributed by atoms with Crippen molar-refractivity contribution in [2.45, 2.75) is 0 Å². The molecule has 0 fully saturated rings. The summed E-state index contributed by atoms with van der Waals surface area (Å²) in [6, 6.07) is 8.64. The van der Waals surface area contributed by atoms with Gasteiger partial charge < -0.3 is 23.7 Å². The van der Waals surface area contributed by atoms with E-state index < -0.39 is 5.97 Å². The van der Waals surface area contributed by atoms with Gasteiger partial charge in [-0.05, 0) is 46.5 Å². The lowest BCUT2D eigenvalue weighted by atomic mass is 9.96. The third kappa shape index (κ3) is 3.08. The van der Waals surface area contributed by atoms with E-state index in [1.54, 1.807) is 31.4 Å². The summed E-state index contributed by atoms with van der Waals surface area (Å²) < 4.78 is 26.0. The largest absolute Gasteiger partial charge is 0.493 e. The topological polar surface area (TPSA) is 80.3 Å². The number of carbonyl (C=O) groups is 2. The average Bonchev–Trinajstić information content (AvgIpc) is 2.70. The smallest absolute Gasteiger partial charge is 0.346 e. The maximum Gasteiger partial charge on any atom is 0.346 e. The van der Waals surface area contributed by atoms with Gasteiger partial charge in [0.2, 0.25) is 0 Å². The summed E-state index contributed by atoms with van der Waals surface area (Å²) in [7, 11) is 6.10. The third-order valence-electron chi connectivity index (χ3n) is 4.33. The van der Waals surface area contributed by atoms with Gasteiger partial charge in [0, 0.05) is 5.39 Å². The molecule has 0 amide bonds. The molecular formula is C20H18O7. The first-order valence-electron chi connectivity index (χ1n) is 7.97. The first kappa shape index (κ1) is 18.3. The van der Waals surface area contributed by atoms with E-state index in [9.17, 15) is 9.59 Å². The van der Waals surface area contributed by atoms with E-state index in [2.05, 4.69) is 4.74 Å². The lowest BCUT2D eigenvalue weighted by molar-refractivity contribution is -0.123. The summed E-state index contributed by atoms with van der Waals surface area (Å²) in [4.78, 5) is 23.0. The Morgan fingerprint density at radius 2 is 1.19 bits per heavy atom. The number of benzene rings is 3. The molecule has 0 aliphatic rings. The van der Waals surface area contributed by atoms with E-state index in [-0.39, 0.29) is 12.0 Å². The molecule has 7 nitrogen and oxygen atoms in total. The highest BCUT2D eigenvalue weighted by molar-refractivity contribution is 6.17. The van der Waals surface area contributed by atoms with Crippen LogP contribution in [0.3, 0.4) is 0 Å². The summed E-state index contributed by atoms with van der Waals surface area (Å²) >= 11 is 0. The SMILES string of the molecule is COc1cc2cc(C(=O)OC=O)c3cc(OC)c(OC)cc3c2cc1OC. The quantitative estimate of drug-likeness (QED) is 0.285. The predicted octanol–water partition coefficient (Wildman–Crippen LogP) is 3.34. The molecule has 0 heterocycles. The molecule has 0 unspecified atom stereocenters. The summed E-state index contributed by atoms with van der Waals surface area (Å²) in [5.74, 6) is 1.25. The molecule has 3 aromatic rings. The fourth-order valence-corrected chi connectivity index (χ4v) is 3.08. The van der Waals surface area contributed by atoms with Gasteiger partial charge in [0.05, 0.1) is 34.0 Å². The molecule has 0 aliphatic heterocycles. The fourth-order valence-electron chi connectivity index (χ4n) is 3.08. The highest BCUT2D eigenvalue weighted by Crippen LogP contribution is 2.41. The molecule has 0 aliphatic carbocycles. The van der Waals surface area contributed by atoms with Gasteiger partial charge in [0.25, 0.3) is 0 Å². The number of methoxy groups -OCH3 is 4. The van der Waals surface area contributed by atoms with Crippen LogP contribution in [-0.2, 0) is 9.53 Å². The first-order valence-corrected chi connectivity index (χ1v) is 7.97. The van der Waals surface area contributed by atoms with E-state index >= 15 is 0 Å². The number of fused-ring (bicyclic) bond motifs is 3. The van der Waals surface area contributed by atoms with E-state index in [0.29, 0.717) is 39.2 Å². The van der Waals surface area contributed by atoms with Crippen LogP contribution in [0.5, 0.6) is 23.0 Å². The van der Waals surface area contributed by atoms with Gasteiger partial charge >= 0.3 is 12.4 Å². The highest BCUT2D eigenvalue weighted by atomic mass is 16.6. The summed E-state index contributed by atoms with van der Waals surface area (Å²) in [6.07, 6.45) is 0. The van der Waals surface area contributed by atoms with Crippen molar-refractivity contribution in [1.29, 1.82) is 0 Å². The lowest BCUT2D eigenvalue weighted by Crippen LogP contribution is -2.05.